The van der Waals surface area contributed by atoms with Crippen LogP contribution in [0.5, 0.6) is 5.75 Å². The summed E-state index contributed by atoms with van der Waals surface area (Å²) in [5, 5.41) is 12.3. The maximum atomic E-state index is 13.3. The normalized spacial score (nSPS) is 11.1. The molecule has 0 bridgehead atoms. The highest BCUT2D eigenvalue weighted by Gasteiger charge is 2.17. The van der Waals surface area contributed by atoms with Crippen molar-refractivity contribution in [3.63, 3.8) is 0 Å². The first kappa shape index (κ1) is 21.5. The van der Waals surface area contributed by atoms with Crippen LogP contribution in [0.4, 0.5) is 0 Å². The molecular formula is C29H23NO4. The minimum atomic E-state index is -0.900. The summed E-state index contributed by atoms with van der Waals surface area (Å²) in [5.41, 5.74) is 3.76. The third kappa shape index (κ3) is 4.16. The molecular weight excluding hydrogens is 426 g/mol. The van der Waals surface area contributed by atoms with Crippen molar-refractivity contribution in [3.05, 3.63) is 113 Å². The lowest BCUT2D eigenvalue weighted by atomic mass is 10.1. The van der Waals surface area contributed by atoms with Crippen LogP contribution < -0.4 is 4.74 Å². The van der Waals surface area contributed by atoms with E-state index in [1.165, 1.54) is 10.8 Å². The highest BCUT2D eigenvalue weighted by Crippen LogP contribution is 2.26. The van der Waals surface area contributed by atoms with Gasteiger partial charge in [-0.2, -0.15) is 0 Å². The highest BCUT2D eigenvalue weighted by molar-refractivity contribution is 6.04. The Labute approximate surface area is 196 Å². The molecule has 168 valence electrons. The van der Waals surface area contributed by atoms with Crippen LogP contribution in [0.2, 0.25) is 0 Å². The number of ether oxygens (including phenoxy) is 1. The van der Waals surface area contributed by atoms with Crippen LogP contribution in [-0.2, 0) is 17.8 Å². The maximum Gasteiger partial charge on any atom is 0.307 e. The Hall–Kier alpha value is -4.38. The number of hydrogen-bond acceptors (Lipinski definition) is 3. The summed E-state index contributed by atoms with van der Waals surface area (Å²) < 4.78 is 7.57. The van der Waals surface area contributed by atoms with Gasteiger partial charge in [-0.3, -0.25) is 14.2 Å². The van der Waals surface area contributed by atoms with Gasteiger partial charge in [-0.15, -0.1) is 0 Å². The van der Waals surface area contributed by atoms with Gasteiger partial charge in [0, 0.05) is 16.6 Å². The molecule has 0 unspecified atom stereocenters. The summed E-state index contributed by atoms with van der Waals surface area (Å²) in [7, 11) is 0. The molecule has 0 saturated heterocycles. The summed E-state index contributed by atoms with van der Waals surface area (Å²) in [6.07, 6.45) is -0.0851. The van der Waals surface area contributed by atoms with Gasteiger partial charge in [0.1, 0.15) is 12.4 Å². The lowest BCUT2D eigenvalue weighted by Crippen LogP contribution is -2.13. The lowest BCUT2D eigenvalue weighted by molar-refractivity contribution is -0.136. The SMILES string of the molecule is Cc1cc2c(CC(=O)O)cccc2n1C(=O)c1ccc(OCc2ccc3ccccc3c2)cc1. The summed E-state index contributed by atoms with van der Waals surface area (Å²) in [4.78, 5) is 24.5. The van der Waals surface area contributed by atoms with E-state index in [4.69, 9.17) is 4.74 Å². The summed E-state index contributed by atoms with van der Waals surface area (Å²) in [6.45, 7) is 2.29. The topological polar surface area (TPSA) is 68.5 Å². The van der Waals surface area contributed by atoms with Gasteiger partial charge < -0.3 is 9.84 Å². The summed E-state index contributed by atoms with van der Waals surface area (Å²) in [5.74, 6) is -0.382. The van der Waals surface area contributed by atoms with Crippen LogP contribution in [-0.4, -0.2) is 21.6 Å². The number of carboxylic acids is 1. The highest BCUT2D eigenvalue weighted by atomic mass is 16.5. The molecule has 5 nitrogen and oxygen atoms in total. The molecule has 5 aromatic rings. The second kappa shape index (κ2) is 8.87. The smallest absolute Gasteiger partial charge is 0.307 e. The van der Waals surface area contributed by atoms with Gasteiger partial charge in [0.05, 0.1) is 11.9 Å². The number of aryl methyl sites for hydroxylation is 1. The van der Waals surface area contributed by atoms with Crippen molar-refractivity contribution in [2.75, 3.05) is 0 Å². The van der Waals surface area contributed by atoms with E-state index in [0.29, 0.717) is 29.0 Å². The molecule has 0 aliphatic rings. The number of hydrogen-bond donors (Lipinski definition) is 1. The minimum absolute atomic E-state index is 0.0851. The fourth-order valence-electron chi connectivity index (χ4n) is 4.33. The van der Waals surface area contributed by atoms with Gasteiger partial charge in [0.2, 0.25) is 0 Å². The third-order valence-corrected chi connectivity index (χ3v) is 5.99. The minimum Gasteiger partial charge on any atom is -0.489 e. The van der Waals surface area contributed by atoms with Gasteiger partial charge in [0.15, 0.2) is 0 Å². The van der Waals surface area contributed by atoms with Crippen LogP contribution >= 0.6 is 0 Å². The van der Waals surface area contributed by atoms with E-state index in [1.54, 1.807) is 41.0 Å². The summed E-state index contributed by atoms with van der Waals surface area (Å²) >= 11 is 0. The molecule has 1 aromatic heterocycles. The number of carboxylic acid groups (broad SMARTS) is 1. The van der Waals surface area contributed by atoms with Crippen LogP contribution in [0, 0.1) is 6.92 Å². The Bertz CT molecular complexity index is 1530. The Morgan fingerprint density at radius 1 is 0.853 bits per heavy atom. The Kier molecular flexibility index (Phi) is 5.60. The van der Waals surface area contributed by atoms with Crippen molar-refractivity contribution in [2.45, 2.75) is 20.0 Å². The van der Waals surface area contributed by atoms with Gasteiger partial charge in [-0.05, 0) is 71.3 Å². The standard InChI is InChI=1S/C29H23NO4/c1-19-15-26-24(17-28(31)32)7-4-8-27(26)30(19)29(33)22-11-13-25(14-12-22)34-18-20-9-10-21-5-2-3-6-23(21)16-20/h2-16H,17-18H2,1H3,(H,31,32). The van der Waals surface area contributed by atoms with Crippen molar-refractivity contribution in [2.24, 2.45) is 0 Å². The number of benzene rings is 4. The Balaban J connectivity index is 1.35. The molecule has 1 heterocycles. The first-order chi connectivity index (χ1) is 16.5. The predicted molar refractivity (Wildman–Crippen MR) is 132 cm³/mol. The lowest BCUT2D eigenvalue weighted by Gasteiger charge is -2.10. The van der Waals surface area contributed by atoms with Crippen LogP contribution in [0.15, 0.2) is 91.0 Å². The summed E-state index contributed by atoms with van der Waals surface area (Å²) in [6, 6.07) is 28.8. The second-order valence-electron chi connectivity index (χ2n) is 8.34. The first-order valence-electron chi connectivity index (χ1n) is 11.1. The van der Waals surface area contributed by atoms with E-state index in [1.807, 2.05) is 31.2 Å². The molecule has 4 aromatic carbocycles. The van der Waals surface area contributed by atoms with Crippen LogP contribution in [0.3, 0.4) is 0 Å². The Morgan fingerprint density at radius 2 is 1.62 bits per heavy atom. The van der Waals surface area contributed by atoms with E-state index in [9.17, 15) is 14.7 Å². The van der Waals surface area contributed by atoms with E-state index in [2.05, 4.69) is 30.3 Å². The quantitative estimate of drug-likeness (QED) is 0.345. The first-order valence-corrected chi connectivity index (χ1v) is 11.1. The van der Waals surface area contributed by atoms with Gasteiger partial charge >= 0.3 is 5.97 Å². The number of fused-ring (bicyclic) bond motifs is 2. The molecule has 0 aliphatic heterocycles. The van der Waals surface area contributed by atoms with E-state index < -0.39 is 5.97 Å². The molecule has 0 aliphatic carbocycles. The van der Waals surface area contributed by atoms with Crippen molar-refractivity contribution in [3.8, 4) is 5.75 Å². The zero-order valence-electron chi connectivity index (χ0n) is 18.7. The fourth-order valence-corrected chi connectivity index (χ4v) is 4.33. The zero-order chi connectivity index (χ0) is 23.7. The number of rotatable bonds is 6. The number of aromatic nitrogens is 1. The molecule has 0 amide bonds. The third-order valence-electron chi connectivity index (χ3n) is 5.99. The average Bonchev–Trinajstić information content (AvgIpc) is 3.19. The molecule has 34 heavy (non-hydrogen) atoms. The van der Waals surface area contributed by atoms with E-state index in [0.717, 1.165) is 16.6 Å². The van der Waals surface area contributed by atoms with Gasteiger partial charge in [0.25, 0.3) is 5.91 Å². The number of carbonyl (C=O) groups is 2. The van der Waals surface area contributed by atoms with Gasteiger partial charge in [-0.25, -0.2) is 0 Å². The zero-order valence-corrected chi connectivity index (χ0v) is 18.7. The monoisotopic (exact) mass is 449 g/mol. The van der Waals surface area contributed by atoms with Crippen molar-refractivity contribution >= 4 is 33.6 Å². The molecule has 1 N–H and O–H groups in total. The molecule has 5 heteroatoms. The molecule has 0 radical (unpaired) electrons. The van der Waals surface area contributed by atoms with Crippen molar-refractivity contribution in [1.82, 2.24) is 4.57 Å². The van der Waals surface area contributed by atoms with Crippen LogP contribution in [0.25, 0.3) is 21.7 Å². The molecule has 0 fully saturated rings. The molecule has 0 saturated carbocycles. The van der Waals surface area contributed by atoms with Crippen molar-refractivity contribution in [1.29, 1.82) is 0 Å². The number of aliphatic carboxylic acids is 1. The largest absolute Gasteiger partial charge is 0.489 e. The van der Waals surface area contributed by atoms with E-state index >= 15 is 0 Å². The fraction of sp³-hybridized carbons (Fsp3) is 0.103. The molecule has 0 spiro atoms. The van der Waals surface area contributed by atoms with Gasteiger partial charge in [-0.1, -0.05) is 48.5 Å². The number of carbonyl (C=O) groups excluding carboxylic acids is 1. The Morgan fingerprint density at radius 3 is 2.38 bits per heavy atom. The van der Waals surface area contributed by atoms with E-state index in [-0.39, 0.29) is 12.3 Å². The second-order valence-corrected chi connectivity index (χ2v) is 8.34. The number of nitrogens with zero attached hydrogens (tertiary/aromatic N) is 1. The maximum absolute atomic E-state index is 13.3. The van der Waals surface area contributed by atoms with Crippen LogP contribution in [0.1, 0.15) is 27.2 Å². The van der Waals surface area contributed by atoms with Crippen molar-refractivity contribution < 1.29 is 19.4 Å². The predicted octanol–water partition coefficient (Wildman–Crippen LogP) is 6.00. The average molecular weight is 450 g/mol. The molecule has 0 atom stereocenters. The molecule has 5 rings (SSSR count).